The van der Waals surface area contributed by atoms with Crippen LogP contribution in [0.5, 0.6) is 0 Å². The van der Waals surface area contributed by atoms with Gasteiger partial charge in [0.05, 0.1) is 15.6 Å². The number of rotatable bonds is 5. The van der Waals surface area contributed by atoms with Crippen molar-refractivity contribution in [3.8, 4) is 11.4 Å². The van der Waals surface area contributed by atoms with Gasteiger partial charge in [-0.1, -0.05) is 34.4 Å². The number of benzene rings is 1. The summed E-state index contributed by atoms with van der Waals surface area (Å²) in [5.74, 6) is -1.80. The molecule has 2 aliphatic heterocycles. The molecule has 4 rings (SSSR count). The van der Waals surface area contributed by atoms with Crippen LogP contribution in [0.1, 0.15) is 19.7 Å². The van der Waals surface area contributed by atoms with E-state index in [4.69, 9.17) is 27.7 Å². The number of thioether (sulfide) groups is 1. The number of β-lactam (4-membered cyclic amide) rings is 1. The van der Waals surface area contributed by atoms with Gasteiger partial charge >= 0.3 is 5.97 Å². The molecule has 2 aromatic rings. The zero-order valence-electron chi connectivity index (χ0n) is 15.8. The first-order chi connectivity index (χ1) is 14.1. The van der Waals surface area contributed by atoms with E-state index in [0.29, 0.717) is 15.6 Å². The zero-order chi connectivity index (χ0) is 21.8. The van der Waals surface area contributed by atoms with Crippen molar-refractivity contribution in [2.45, 2.75) is 42.5 Å². The predicted octanol–water partition coefficient (Wildman–Crippen LogP) is 2.22. The van der Waals surface area contributed by atoms with Crippen LogP contribution in [0.25, 0.3) is 11.4 Å². The molecule has 0 radical (unpaired) electrons. The van der Waals surface area contributed by atoms with Crippen LogP contribution in [0, 0.1) is 0 Å². The topological polar surface area (TPSA) is 126 Å². The quantitative estimate of drug-likeness (QED) is 0.636. The summed E-state index contributed by atoms with van der Waals surface area (Å²) in [5.41, 5.74) is 0.394. The molecule has 3 atom stereocenters. The number of hydrogen-bond acceptors (Lipinski definition) is 7. The fraction of sp³-hybridized carbons (Fsp3) is 0.389. The second-order valence-corrected chi connectivity index (χ2v) is 10.0. The summed E-state index contributed by atoms with van der Waals surface area (Å²) in [7, 11) is 0. The van der Waals surface area contributed by atoms with Gasteiger partial charge in [-0.15, -0.1) is 11.8 Å². The summed E-state index contributed by atoms with van der Waals surface area (Å²) >= 11 is 13.6. The van der Waals surface area contributed by atoms with Crippen LogP contribution in [0.4, 0.5) is 0 Å². The molecule has 3 heterocycles. The second kappa shape index (κ2) is 7.44. The Labute approximate surface area is 185 Å². The van der Waals surface area contributed by atoms with E-state index in [0.717, 1.165) is 0 Å². The van der Waals surface area contributed by atoms with Gasteiger partial charge in [-0.3, -0.25) is 9.59 Å². The molecule has 1 aromatic carbocycles. The highest BCUT2D eigenvalue weighted by atomic mass is 35.5. The molecule has 0 bridgehead atoms. The smallest absolute Gasteiger partial charge is 0.327 e. The number of amides is 2. The Bertz CT molecular complexity index is 1040. The lowest BCUT2D eigenvalue weighted by Gasteiger charge is -2.43. The van der Waals surface area contributed by atoms with E-state index in [9.17, 15) is 19.5 Å². The van der Waals surface area contributed by atoms with Crippen LogP contribution in [-0.2, 0) is 20.8 Å². The fourth-order valence-electron chi connectivity index (χ4n) is 3.65. The summed E-state index contributed by atoms with van der Waals surface area (Å²) in [6.07, 6.45) is -0.248. The Kier molecular flexibility index (Phi) is 5.19. The Morgan fingerprint density at radius 2 is 2.00 bits per heavy atom. The van der Waals surface area contributed by atoms with Gasteiger partial charge in [0.2, 0.25) is 23.5 Å². The Morgan fingerprint density at radius 1 is 1.33 bits per heavy atom. The number of aromatic nitrogens is 2. The summed E-state index contributed by atoms with van der Waals surface area (Å²) in [6, 6.07) is 3.20. The van der Waals surface area contributed by atoms with Crippen LogP contribution in [0.2, 0.25) is 10.0 Å². The molecule has 1 aromatic heterocycles. The highest BCUT2D eigenvalue weighted by Gasteiger charge is 2.64. The van der Waals surface area contributed by atoms with Gasteiger partial charge in [0.15, 0.2) is 0 Å². The van der Waals surface area contributed by atoms with Crippen molar-refractivity contribution in [2.24, 2.45) is 0 Å². The van der Waals surface area contributed by atoms with Crippen LogP contribution in [0.3, 0.4) is 0 Å². The third-order valence-electron chi connectivity index (χ3n) is 4.96. The summed E-state index contributed by atoms with van der Waals surface area (Å²) < 4.78 is 4.45. The van der Waals surface area contributed by atoms with Crippen molar-refractivity contribution in [3.63, 3.8) is 0 Å². The molecule has 2 amide bonds. The van der Waals surface area contributed by atoms with E-state index in [1.807, 2.05) is 0 Å². The van der Waals surface area contributed by atoms with Crippen LogP contribution in [0.15, 0.2) is 22.7 Å². The lowest BCUT2D eigenvalue weighted by Crippen LogP contribution is -2.70. The maximum Gasteiger partial charge on any atom is 0.327 e. The fourth-order valence-corrected chi connectivity index (χ4v) is 5.84. The van der Waals surface area contributed by atoms with Gasteiger partial charge < -0.3 is 19.8 Å². The Balaban J connectivity index is 1.43. The molecule has 2 fully saturated rings. The molecule has 2 aliphatic rings. The third-order valence-corrected chi connectivity index (χ3v) is 7.16. The largest absolute Gasteiger partial charge is 0.480 e. The van der Waals surface area contributed by atoms with Crippen molar-refractivity contribution in [1.29, 1.82) is 0 Å². The van der Waals surface area contributed by atoms with E-state index in [2.05, 4.69) is 15.5 Å². The SMILES string of the molecule is CC1(C)S[C@@H]2C(NC(=O)Cc3nc(-c4c(Cl)cccc4Cl)no3)C(=O)N2[C@H]1C(=O)O. The molecule has 2 N–H and O–H groups in total. The summed E-state index contributed by atoms with van der Waals surface area (Å²) in [4.78, 5) is 41.9. The minimum absolute atomic E-state index is 0.0323. The number of carbonyl (C=O) groups is 3. The van der Waals surface area contributed by atoms with Crippen molar-refractivity contribution in [3.05, 3.63) is 34.1 Å². The average Bonchev–Trinajstić information content (AvgIpc) is 3.19. The van der Waals surface area contributed by atoms with E-state index in [1.54, 1.807) is 32.0 Å². The van der Waals surface area contributed by atoms with Crippen molar-refractivity contribution >= 4 is 52.7 Å². The number of nitrogens with zero attached hydrogens (tertiary/aromatic N) is 3. The monoisotopic (exact) mass is 470 g/mol. The first kappa shape index (κ1) is 21.0. The zero-order valence-corrected chi connectivity index (χ0v) is 18.1. The molecule has 2 saturated heterocycles. The number of carbonyl (C=O) groups excluding carboxylic acids is 2. The van der Waals surface area contributed by atoms with E-state index in [-0.39, 0.29) is 18.1 Å². The van der Waals surface area contributed by atoms with Crippen molar-refractivity contribution in [2.75, 3.05) is 0 Å². The number of hydrogen-bond donors (Lipinski definition) is 2. The second-order valence-electron chi connectivity index (χ2n) is 7.43. The molecular weight excluding hydrogens is 455 g/mol. The first-order valence-electron chi connectivity index (χ1n) is 8.89. The minimum atomic E-state index is -1.07. The normalized spacial score (nSPS) is 24.3. The summed E-state index contributed by atoms with van der Waals surface area (Å²) in [6.45, 7) is 3.53. The van der Waals surface area contributed by atoms with Crippen molar-refractivity contribution < 1.29 is 24.0 Å². The highest BCUT2D eigenvalue weighted by Crippen LogP contribution is 2.50. The van der Waals surface area contributed by atoms with E-state index < -0.39 is 40.0 Å². The lowest BCUT2D eigenvalue weighted by atomic mass is 9.96. The molecule has 0 aliphatic carbocycles. The Morgan fingerprint density at radius 3 is 2.63 bits per heavy atom. The standard InChI is InChI=1S/C18H16Cl2N4O5S/c1-18(2)13(17(27)28)24-15(26)12(16(24)30-18)21-9(25)6-10-22-14(23-29-10)11-7(19)4-3-5-8(11)20/h3-5,12-13,16H,6H2,1-2H3,(H,21,25)(H,27,28)/t12?,13-,16+/m0/s1. The molecule has 1 unspecified atom stereocenters. The van der Waals surface area contributed by atoms with E-state index in [1.165, 1.54) is 16.7 Å². The lowest BCUT2D eigenvalue weighted by molar-refractivity contribution is -0.161. The van der Waals surface area contributed by atoms with Crippen LogP contribution < -0.4 is 5.32 Å². The maximum absolute atomic E-state index is 12.5. The molecule has 30 heavy (non-hydrogen) atoms. The van der Waals surface area contributed by atoms with Crippen LogP contribution >= 0.6 is 35.0 Å². The van der Waals surface area contributed by atoms with Gasteiger partial charge in [-0.25, -0.2) is 4.79 Å². The van der Waals surface area contributed by atoms with Gasteiger partial charge in [0.25, 0.3) is 0 Å². The highest BCUT2D eigenvalue weighted by molar-refractivity contribution is 8.01. The summed E-state index contributed by atoms with van der Waals surface area (Å²) in [5, 5.41) is 16.1. The van der Waals surface area contributed by atoms with Gasteiger partial charge in [-0.2, -0.15) is 4.98 Å². The number of carboxylic acid groups (broad SMARTS) is 1. The van der Waals surface area contributed by atoms with Gasteiger partial charge in [-0.05, 0) is 26.0 Å². The van der Waals surface area contributed by atoms with Gasteiger partial charge in [0, 0.05) is 4.75 Å². The predicted molar refractivity (Wildman–Crippen MR) is 109 cm³/mol. The number of halogens is 2. The first-order valence-corrected chi connectivity index (χ1v) is 10.5. The average molecular weight is 471 g/mol. The van der Waals surface area contributed by atoms with Gasteiger partial charge in [0.1, 0.15) is 23.9 Å². The molecule has 0 saturated carbocycles. The molecule has 9 nitrogen and oxygen atoms in total. The Hall–Kier alpha value is -2.30. The number of aliphatic carboxylic acids is 1. The molecule has 0 spiro atoms. The maximum atomic E-state index is 12.5. The molecule has 158 valence electrons. The minimum Gasteiger partial charge on any atom is -0.480 e. The van der Waals surface area contributed by atoms with Crippen LogP contribution in [-0.4, -0.2) is 60.1 Å². The number of nitrogens with one attached hydrogen (secondary N) is 1. The number of fused-ring (bicyclic) bond motifs is 1. The van der Waals surface area contributed by atoms with E-state index >= 15 is 0 Å². The molecular formula is C18H16Cl2N4O5S. The van der Waals surface area contributed by atoms with Crippen molar-refractivity contribution in [1.82, 2.24) is 20.4 Å². The molecule has 12 heteroatoms. The number of carboxylic acids is 1. The third kappa shape index (κ3) is 3.42.